The molecule has 0 bridgehead atoms. The van der Waals surface area contributed by atoms with Crippen LogP contribution in [0.25, 0.3) is 0 Å². The molecule has 11 heavy (non-hydrogen) atoms. The van der Waals surface area contributed by atoms with Crippen molar-refractivity contribution in [2.75, 3.05) is 0 Å². The number of aliphatic imine (C=N–C) groups is 1. The summed E-state index contributed by atoms with van der Waals surface area (Å²) in [5, 5.41) is 0. The predicted octanol–water partition coefficient (Wildman–Crippen LogP) is 0.678. The molecule has 0 aliphatic rings. The molecule has 0 saturated carbocycles. The number of hydrogen-bond donors (Lipinski definition) is 0. The molecule has 3 nitrogen and oxygen atoms in total. The van der Waals surface area contributed by atoms with Crippen LogP contribution in [0.3, 0.4) is 0 Å². The Morgan fingerprint density at radius 2 is 2.18 bits per heavy atom. The second-order valence-corrected chi connectivity index (χ2v) is 2.77. The van der Waals surface area contributed by atoms with Crippen molar-refractivity contribution in [3.05, 3.63) is 0 Å². The third-order valence-electron chi connectivity index (χ3n) is 1.21. The number of carbonyl (C=O) groups is 1. The van der Waals surface area contributed by atoms with Crippen LogP contribution in [0.1, 0.15) is 20.3 Å². The predicted molar refractivity (Wildman–Crippen MR) is 44.2 cm³/mol. The molecule has 1 atom stereocenters. The Kier molecular flexibility index (Phi) is 5.52. The molecular formula is C7H12BNO2. The average molecular weight is 153 g/mol. The number of carbonyl (C=O) groups excluding carboxylic acids is 1. The number of aldehydes is 1. The van der Waals surface area contributed by atoms with Crippen molar-refractivity contribution in [3.63, 3.8) is 0 Å². The molecule has 0 aliphatic carbocycles. The number of rotatable bonds is 5. The van der Waals surface area contributed by atoms with Crippen LogP contribution >= 0.6 is 0 Å². The van der Waals surface area contributed by atoms with Crippen LogP contribution in [0.4, 0.5) is 0 Å². The molecule has 0 heterocycles. The maximum atomic E-state index is 10.3. The molecule has 0 saturated heterocycles. The van der Waals surface area contributed by atoms with E-state index in [9.17, 15) is 9.50 Å². The first-order valence-electron chi connectivity index (χ1n) is 3.63. The summed E-state index contributed by atoms with van der Waals surface area (Å²) >= 11 is 0. The van der Waals surface area contributed by atoms with Gasteiger partial charge in [-0.2, -0.15) is 0 Å². The van der Waals surface area contributed by atoms with E-state index in [0.717, 1.165) is 12.4 Å². The van der Waals surface area contributed by atoms with E-state index in [1.54, 1.807) is 0 Å². The van der Waals surface area contributed by atoms with Crippen LogP contribution in [0, 0.1) is 5.92 Å². The van der Waals surface area contributed by atoms with Gasteiger partial charge in [-0.3, -0.25) is 0 Å². The molecule has 0 fully saturated rings. The summed E-state index contributed by atoms with van der Waals surface area (Å²) in [5.74, 6) is 0.425. The molecule has 0 aromatic rings. The van der Waals surface area contributed by atoms with Crippen molar-refractivity contribution in [1.29, 1.82) is 0 Å². The van der Waals surface area contributed by atoms with Crippen molar-refractivity contribution in [1.82, 2.24) is 0 Å². The van der Waals surface area contributed by atoms with E-state index >= 15 is 0 Å². The summed E-state index contributed by atoms with van der Waals surface area (Å²) in [5.41, 5.74) is 0. The first-order valence-corrected chi connectivity index (χ1v) is 3.63. The van der Waals surface area contributed by atoms with E-state index in [-0.39, 0.29) is 6.04 Å². The third-order valence-corrected chi connectivity index (χ3v) is 1.21. The summed E-state index contributed by atoms with van der Waals surface area (Å²) in [7, 11) is 0.580. The second kappa shape index (κ2) is 5.95. The first kappa shape index (κ1) is 10.2. The Bertz CT molecular complexity index is 157. The Labute approximate surface area is 67.2 Å². The van der Waals surface area contributed by atoms with Gasteiger partial charge in [0.15, 0.2) is 0 Å². The Morgan fingerprint density at radius 3 is 2.55 bits per heavy atom. The van der Waals surface area contributed by atoms with E-state index in [0.29, 0.717) is 19.5 Å². The zero-order valence-corrected chi connectivity index (χ0v) is 6.86. The van der Waals surface area contributed by atoms with E-state index in [2.05, 4.69) is 4.99 Å². The van der Waals surface area contributed by atoms with Crippen molar-refractivity contribution in [3.8, 4) is 0 Å². The molecule has 0 unspecified atom stereocenters. The van der Waals surface area contributed by atoms with E-state index in [4.69, 9.17) is 0 Å². The van der Waals surface area contributed by atoms with Crippen LogP contribution in [0.2, 0.25) is 0 Å². The molecule has 4 heteroatoms. The van der Waals surface area contributed by atoms with Crippen LogP contribution < -0.4 is 0 Å². The van der Waals surface area contributed by atoms with E-state index in [1.807, 2.05) is 13.8 Å². The fraction of sp³-hybridized carbons (Fsp3) is 0.714. The zero-order valence-electron chi connectivity index (χ0n) is 6.86. The topological polar surface area (TPSA) is 46.5 Å². The average Bonchev–Trinajstić information content (AvgIpc) is 1.97. The molecule has 0 amide bonds. The van der Waals surface area contributed by atoms with Crippen molar-refractivity contribution in [2.24, 2.45) is 10.9 Å². The van der Waals surface area contributed by atoms with Crippen molar-refractivity contribution in [2.45, 2.75) is 26.3 Å². The number of hydrogen-bond acceptors (Lipinski definition) is 3. The first-order chi connectivity index (χ1) is 5.20. The standard InChI is InChI=1S/C7H12BNO2/c1-6(2)3-7(4-10)9-5-8-11/h4-7H,3H2,1-2H3/t7-/m0/s1. The van der Waals surface area contributed by atoms with Gasteiger partial charge in [-0.1, -0.05) is 0 Å². The van der Waals surface area contributed by atoms with Crippen molar-refractivity contribution < 1.29 is 9.50 Å². The van der Waals surface area contributed by atoms with Crippen LogP contribution in [0.5, 0.6) is 0 Å². The molecule has 0 radical (unpaired) electrons. The minimum atomic E-state index is -0.347. The van der Waals surface area contributed by atoms with Gasteiger partial charge < -0.3 is 0 Å². The van der Waals surface area contributed by atoms with Gasteiger partial charge in [0.1, 0.15) is 0 Å². The van der Waals surface area contributed by atoms with Gasteiger partial charge in [0, 0.05) is 0 Å². The van der Waals surface area contributed by atoms with Gasteiger partial charge in [0.05, 0.1) is 0 Å². The molecule has 0 aromatic heterocycles. The second-order valence-electron chi connectivity index (χ2n) is 2.77. The Morgan fingerprint density at radius 1 is 1.55 bits per heavy atom. The summed E-state index contributed by atoms with van der Waals surface area (Å²) in [6.45, 7) is 4.01. The summed E-state index contributed by atoms with van der Waals surface area (Å²) in [4.78, 5) is 14.1. The van der Waals surface area contributed by atoms with E-state index in [1.165, 1.54) is 0 Å². The molecule has 0 N–H and O–H groups in total. The summed E-state index contributed by atoms with van der Waals surface area (Å²) < 4.78 is 9.85. The molecule has 60 valence electrons. The van der Waals surface area contributed by atoms with Gasteiger partial charge in [0.25, 0.3) is 0 Å². The monoisotopic (exact) mass is 153 g/mol. The zero-order chi connectivity index (χ0) is 8.69. The van der Waals surface area contributed by atoms with Gasteiger partial charge in [0.2, 0.25) is 0 Å². The third kappa shape index (κ3) is 5.64. The molecule has 0 spiro atoms. The normalized spacial score (nSPS) is 13.4. The minimum absolute atomic E-state index is 0.347. The fourth-order valence-corrected chi connectivity index (χ4v) is 0.780. The fourth-order valence-electron chi connectivity index (χ4n) is 0.780. The molecule has 0 aromatic carbocycles. The summed E-state index contributed by atoms with van der Waals surface area (Å²) in [6, 6.07) is -0.347. The molecule has 0 aliphatic heterocycles. The van der Waals surface area contributed by atoms with Crippen LogP contribution in [0.15, 0.2) is 4.99 Å². The van der Waals surface area contributed by atoms with Crippen molar-refractivity contribution >= 4 is 19.6 Å². The summed E-state index contributed by atoms with van der Waals surface area (Å²) in [6.07, 6.45) is 2.59. The van der Waals surface area contributed by atoms with Crippen LogP contribution in [-0.2, 0) is 9.50 Å². The van der Waals surface area contributed by atoms with Gasteiger partial charge in [-0.25, -0.2) is 0 Å². The van der Waals surface area contributed by atoms with Gasteiger partial charge in [-0.05, 0) is 0 Å². The number of nitrogens with zero attached hydrogens (tertiary/aromatic N) is 1. The van der Waals surface area contributed by atoms with Gasteiger partial charge in [-0.15, -0.1) is 0 Å². The van der Waals surface area contributed by atoms with Crippen LogP contribution in [-0.4, -0.2) is 25.6 Å². The van der Waals surface area contributed by atoms with Gasteiger partial charge >= 0.3 is 66.3 Å². The Hall–Kier alpha value is -0.795. The quantitative estimate of drug-likeness (QED) is 0.331. The molecule has 0 rings (SSSR count). The Balaban J connectivity index is 3.84. The van der Waals surface area contributed by atoms with E-state index < -0.39 is 0 Å². The molecular weight excluding hydrogens is 141 g/mol. The maximum absolute atomic E-state index is 10.3. The SMILES string of the molecule is CC(C)C[C@@H](C=O)N=CB=O.